The van der Waals surface area contributed by atoms with E-state index in [1.807, 2.05) is 44.2 Å². The zero-order valence-corrected chi connectivity index (χ0v) is 22.8. The number of carbonyl (C=O) groups is 2. The summed E-state index contributed by atoms with van der Waals surface area (Å²) in [6.07, 6.45) is 2.29. The molecule has 0 fully saturated rings. The molecule has 0 bridgehead atoms. The third-order valence-electron chi connectivity index (χ3n) is 6.33. The normalized spacial score (nSPS) is 14.4. The zero-order valence-electron chi connectivity index (χ0n) is 22.0. The van der Waals surface area contributed by atoms with E-state index < -0.39 is 16.1 Å². The summed E-state index contributed by atoms with van der Waals surface area (Å²) >= 11 is 0. The van der Waals surface area contributed by atoms with Crippen LogP contribution in [0.25, 0.3) is 0 Å². The lowest BCUT2D eigenvalue weighted by Gasteiger charge is -2.30. The van der Waals surface area contributed by atoms with Crippen molar-refractivity contribution in [2.24, 2.45) is 0 Å². The van der Waals surface area contributed by atoms with Gasteiger partial charge in [-0.3, -0.25) is 13.9 Å². The van der Waals surface area contributed by atoms with Crippen LogP contribution in [0, 0.1) is 0 Å². The van der Waals surface area contributed by atoms with Crippen LogP contribution in [0.4, 0.5) is 5.69 Å². The molecule has 0 saturated heterocycles. The quantitative estimate of drug-likeness (QED) is 0.451. The minimum atomic E-state index is -3.61. The van der Waals surface area contributed by atoms with E-state index in [1.165, 1.54) is 4.31 Å². The summed E-state index contributed by atoms with van der Waals surface area (Å²) < 4.78 is 37.6. The molecule has 9 nitrogen and oxygen atoms in total. The number of fused-ring (bicyclic) bond motifs is 1. The van der Waals surface area contributed by atoms with E-state index in [2.05, 4.69) is 5.32 Å². The van der Waals surface area contributed by atoms with Gasteiger partial charge in [0, 0.05) is 31.6 Å². The minimum absolute atomic E-state index is 0.00190. The van der Waals surface area contributed by atoms with Crippen molar-refractivity contribution in [3.8, 4) is 11.5 Å². The van der Waals surface area contributed by atoms with Crippen molar-refractivity contribution in [3.63, 3.8) is 0 Å². The second-order valence-electron chi connectivity index (χ2n) is 9.27. The van der Waals surface area contributed by atoms with E-state index in [9.17, 15) is 18.0 Å². The first-order valence-electron chi connectivity index (χ1n) is 12.6. The van der Waals surface area contributed by atoms with Gasteiger partial charge >= 0.3 is 0 Å². The molecule has 0 aliphatic carbocycles. The van der Waals surface area contributed by atoms with Crippen LogP contribution in [-0.2, 0) is 26.2 Å². The summed E-state index contributed by atoms with van der Waals surface area (Å²) in [5, 5.41) is 2.95. The van der Waals surface area contributed by atoms with Gasteiger partial charge in [0.1, 0.15) is 19.3 Å². The van der Waals surface area contributed by atoms with Crippen molar-refractivity contribution < 1.29 is 27.5 Å². The number of nitrogens with zero attached hydrogens (tertiary/aromatic N) is 2. The first-order chi connectivity index (χ1) is 17.6. The summed E-state index contributed by atoms with van der Waals surface area (Å²) in [4.78, 5) is 27.8. The molecule has 1 aliphatic heterocycles. The standard InChI is InChI=1S/C27H37N3O6S/c1-5-20(2)28-27(32)21(3)29(19-22-10-7-6-8-11-22)26(31)12-9-15-30(37(4,33)34)23-13-14-24-25(18-23)36-17-16-35-24/h6-8,10-11,13-14,18,20-21H,5,9,12,15-17,19H2,1-4H3,(H,28,32)/t20-,21-/m0/s1. The number of amides is 2. The fourth-order valence-electron chi connectivity index (χ4n) is 4.02. The van der Waals surface area contributed by atoms with Gasteiger partial charge in [-0.2, -0.15) is 0 Å². The van der Waals surface area contributed by atoms with Gasteiger partial charge < -0.3 is 19.7 Å². The Hall–Kier alpha value is -3.27. The summed E-state index contributed by atoms with van der Waals surface area (Å²) in [6.45, 7) is 6.85. The number of sulfonamides is 1. The van der Waals surface area contributed by atoms with Crippen molar-refractivity contribution in [1.29, 1.82) is 0 Å². The van der Waals surface area contributed by atoms with Crippen LogP contribution in [0.1, 0.15) is 45.6 Å². The Morgan fingerprint density at radius 3 is 2.35 bits per heavy atom. The van der Waals surface area contributed by atoms with Crippen LogP contribution in [0.3, 0.4) is 0 Å². The predicted molar refractivity (Wildman–Crippen MR) is 143 cm³/mol. The molecule has 0 unspecified atom stereocenters. The van der Waals surface area contributed by atoms with Crippen molar-refractivity contribution in [2.75, 3.05) is 30.3 Å². The smallest absolute Gasteiger partial charge is 0.242 e. The molecule has 1 heterocycles. The van der Waals surface area contributed by atoms with Crippen LogP contribution in [0.5, 0.6) is 11.5 Å². The highest BCUT2D eigenvalue weighted by Gasteiger charge is 2.27. The van der Waals surface area contributed by atoms with E-state index in [4.69, 9.17) is 9.47 Å². The fourth-order valence-corrected chi connectivity index (χ4v) is 4.98. The number of benzene rings is 2. The first kappa shape index (κ1) is 28.3. The number of rotatable bonds is 12. The predicted octanol–water partition coefficient (Wildman–Crippen LogP) is 3.34. The average Bonchev–Trinajstić information content (AvgIpc) is 2.88. The molecule has 202 valence electrons. The topological polar surface area (TPSA) is 105 Å². The van der Waals surface area contributed by atoms with Crippen LogP contribution in [0.15, 0.2) is 48.5 Å². The lowest BCUT2D eigenvalue weighted by Crippen LogP contribution is -2.49. The number of hydrogen-bond donors (Lipinski definition) is 1. The maximum Gasteiger partial charge on any atom is 0.242 e. The molecule has 1 N–H and O–H groups in total. The van der Waals surface area contributed by atoms with Crippen LogP contribution < -0.4 is 19.1 Å². The minimum Gasteiger partial charge on any atom is -0.486 e. The SMILES string of the molecule is CC[C@H](C)NC(=O)[C@H](C)N(Cc1ccccc1)C(=O)CCCN(c1ccc2c(c1)OCCO2)S(C)(=O)=O. The van der Waals surface area contributed by atoms with Gasteiger partial charge in [0.25, 0.3) is 0 Å². The lowest BCUT2D eigenvalue weighted by molar-refractivity contribution is -0.140. The average molecular weight is 532 g/mol. The Labute approximate surface area is 219 Å². The fraction of sp³-hybridized carbons (Fsp3) is 0.481. The highest BCUT2D eigenvalue weighted by Crippen LogP contribution is 2.34. The Balaban J connectivity index is 1.72. The van der Waals surface area contributed by atoms with Crippen LogP contribution >= 0.6 is 0 Å². The van der Waals surface area contributed by atoms with Crippen LogP contribution in [0.2, 0.25) is 0 Å². The van der Waals surface area contributed by atoms with E-state index in [0.29, 0.717) is 30.4 Å². The molecule has 10 heteroatoms. The molecule has 2 atom stereocenters. The zero-order chi connectivity index (χ0) is 27.0. The molecular weight excluding hydrogens is 494 g/mol. The van der Waals surface area contributed by atoms with E-state index in [0.717, 1.165) is 18.2 Å². The third-order valence-corrected chi connectivity index (χ3v) is 7.52. The summed E-state index contributed by atoms with van der Waals surface area (Å²) in [5.74, 6) is 0.627. The highest BCUT2D eigenvalue weighted by molar-refractivity contribution is 7.92. The molecule has 3 rings (SSSR count). The van der Waals surface area contributed by atoms with Crippen molar-refractivity contribution in [2.45, 2.75) is 58.7 Å². The van der Waals surface area contributed by atoms with Crippen molar-refractivity contribution in [1.82, 2.24) is 10.2 Å². The Morgan fingerprint density at radius 2 is 1.70 bits per heavy atom. The number of hydrogen-bond acceptors (Lipinski definition) is 6. The molecule has 0 aromatic heterocycles. The second-order valence-corrected chi connectivity index (χ2v) is 11.2. The highest BCUT2D eigenvalue weighted by atomic mass is 32.2. The van der Waals surface area contributed by atoms with Gasteiger partial charge in [0.2, 0.25) is 21.8 Å². The molecular formula is C27H37N3O6S. The molecule has 0 spiro atoms. The molecule has 0 saturated carbocycles. The molecule has 2 aromatic rings. The molecule has 2 aromatic carbocycles. The Morgan fingerprint density at radius 1 is 1.03 bits per heavy atom. The lowest BCUT2D eigenvalue weighted by atomic mass is 10.1. The van der Waals surface area contributed by atoms with Gasteiger partial charge in [0.05, 0.1) is 11.9 Å². The Kier molecular flexibility index (Phi) is 9.79. The summed E-state index contributed by atoms with van der Waals surface area (Å²) in [6, 6.07) is 13.8. The van der Waals surface area contributed by atoms with Crippen LogP contribution in [-0.4, -0.2) is 63.2 Å². The molecule has 37 heavy (non-hydrogen) atoms. The first-order valence-corrected chi connectivity index (χ1v) is 14.5. The molecule has 1 aliphatic rings. The Bertz CT molecular complexity index is 1170. The molecule has 0 radical (unpaired) electrons. The van der Waals surface area contributed by atoms with Gasteiger partial charge in [-0.25, -0.2) is 8.42 Å². The maximum absolute atomic E-state index is 13.3. The van der Waals surface area contributed by atoms with Gasteiger partial charge in [-0.1, -0.05) is 37.3 Å². The van der Waals surface area contributed by atoms with Crippen molar-refractivity contribution >= 4 is 27.5 Å². The second kappa shape index (κ2) is 12.8. The van der Waals surface area contributed by atoms with Gasteiger partial charge in [-0.15, -0.1) is 0 Å². The summed E-state index contributed by atoms with van der Waals surface area (Å²) in [7, 11) is -3.61. The van der Waals surface area contributed by atoms with E-state index >= 15 is 0 Å². The van der Waals surface area contributed by atoms with Gasteiger partial charge in [-0.05, 0) is 44.4 Å². The number of carbonyl (C=O) groups excluding carboxylic acids is 2. The number of anilines is 1. The maximum atomic E-state index is 13.3. The van der Waals surface area contributed by atoms with Crippen molar-refractivity contribution in [3.05, 3.63) is 54.1 Å². The summed E-state index contributed by atoms with van der Waals surface area (Å²) in [5.41, 5.74) is 1.36. The van der Waals surface area contributed by atoms with E-state index in [-0.39, 0.29) is 43.8 Å². The largest absolute Gasteiger partial charge is 0.486 e. The molecule has 2 amide bonds. The number of nitrogens with one attached hydrogen (secondary N) is 1. The number of ether oxygens (including phenoxy) is 2. The third kappa shape index (κ3) is 7.85. The van der Waals surface area contributed by atoms with E-state index in [1.54, 1.807) is 30.0 Å². The van der Waals surface area contributed by atoms with Gasteiger partial charge in [0.15, 0.2) is 11.5 Å². The monoisotopic (exact) mass is 531 g/mol.